The second-order valence-corrected chi connectivity index (χ2v) is 3.89. The van der Waals surface area contributed by atoms with Gasteiger partial charge in [0.15, 0.2) is 0 Å². The van der Waals surface area contributed by atoms with Crippen LogP contribution in [0.25, 0.3) is 22.9 Å². The molecular formula is C15H12. The van der Waals surface area contributed by atoms with E-state index in [0.29, 0.717) is 0 Å². The van der Waals surface area contributed by atoms with E-state index in [1.165, 1.54) is 27.5 Å². The second-order valence-electron chi connectivity index (χ2n) is 3.89. The van der Waals surface area contributed by atoms with Crippen LogP contribution in [0.15, 0.2) is 43.0 Å². The molecule has 0 spiro atoms. The van der Waals surface area contributed by atoms with Crippen molar-refractivity contribution in [3.63, 3.8) is 0 Å². The highest BCUT2D eigenvalue weighted by atomic mass is 14.1. The van der Waals surface area contributed by atoms with Gasteiger partial charge in [-0.1, -0.05) is 55.1 Å². The lowest BCUT2D eigenvalue weighted by Gasteiger charge is -2.14. The van der Waals surface area contributed by atoms with Gasteiger partial charge in [-0.3, -0.25) is 0 Å². The van der Waals surface area contributed by atoms with Crippen LogP contribution >= 0.6 is 0 Å². The largest absolute Gasteiger partial charge is 0.0984 e. The summed E-state index contributed by atoms with van der Waals surface area (Å²) in [6.07, 6.45) is 7.42. The average Bonchev–Trinajstić information content (AvgIpc) is 2.30. The Balaban J connectivity index is 2.53. The second kappa shape index (κ2) is 3.09. The molecule has 0 heterocycles. The molecule has 2 aromatic carbocycles. The van der Waals surface area contributed by atoms with E-state index in [4.69, 9.17) is 0 Å². The van der Waals surface area contributed by atoms with Crippen molar-refractivity contribution in [1.82, 2.24) is 0 Å². The Kier molecular flexibility index (Phi) is 1.75. The van der Waals surface area contributed by atoms with Gasteiger partial charge in [-0.2, -0.15) is 0 Å². The molecule has 0 radical (unpaired) electrons. The maximum absolute atomic E-state index is 3.87. The summed E-state index contributed by atoms with van der Waals surface area (Å²) < 4.78 is 0. The van der Waals surface area contributed by atoms with Gasteiger partial charge in [-0.25, -0.2) is 0 Å². The van der Waals surface area contributed by atoms with Crippen molar-refractivity contribution in [3.8, 4) is 0 Å². The molecule has 1 aliphatic rings. The third-order valence-electron chi connectivity index (χ3n) is 3.05. The molecule has 0 nitrogen and oxygen atoms in total. The first-order chi connectivity index (χ1) is 7.40. The van der Waals surface area contributed by atoms with E-state index in [9.17, 15) is 0 Å². The quantitative estimate of drug-likeness (QED) is 0.639. The molecule has 0 fully saturated rings. The summed E-state index contributed by atoms with van der Waals surface area (Å²) in [5, 5.41) is 2.73. The van der Waals surface area contributed by atoms with Crippen molar-refractivity contribution >= 4 is 22.9 Å². The zero-order chi connectivity index (χ0) is 10.3. The predicted octanol–water partition coefficient (Wildman–Crippen LogP) is 4.05. The van der Waals surface area contributed by atoms with Gasteiger partial charge in [0, 0.05) is 0 Å². The van der Waals surface area contributed by atoms with Gasteiger partial charge in [0.2, 0.25) is 0 Å². The van der Waals surface area contributed by atoms with E-state index in [1.54, 1.807) is 0 Å². The molecule has 0 N–H and O–H groups in total. The standard InChI is InChI=1S/C15H12/c1-2-11-9-10-13-6-3-5-12-7-4-8-14(11)15(12)13/h2-6,8-10H,1,7H2. The van der Waals surface area contributed by atoms with Gasteiger partial charge in [0.05, 0.1) is 0 Å². The molecule has 0 unspecified atom stereocenters. The molecule has 0 aliphatic heterocycles. The van der Waals surface area contributed by atoms with Crippen LogP contribution in [0.4, 0.5) is 0 Å². The molecule has 72 valence electrons. The minimum absolute atomic E-state index is 1.05. The minimum Gasteiger partial charge on any atom is -0.0984 e. The SMILES string of the molecule is C=Cc1ccc2cccc3c2c1C=CC3. The maximum atomic E-state index is 3.87. The Labute approximate surface area is 89.6 Å². The van der Waals surface area contributed by atoms with Gasteiger partial charge in [-0.15, -0.1) is 0 Å². The summed E-state index contributed by atoms with van der Waals surface area (Å²) in [5.74, 6) is 0. The van der Waals surface area contributed by atoms with Crippen LogP contribution in [0.2, 0.25) is 0 Å². The van der Waals surface area contributed by atoms with E-state index in [0.717, 1.165) is 6.42 Å². The van der Waals surface area contributed by atoms with Gasteiger partial charge in [0.1, 0.15) is 0 Å². The predicted molar refractivity (Wildman–Crippen MR) is 66.8 cm³/mol. The molecule has 0 atom stereocenters. The fraction of sp³-hybridized carbons (Fsp3) is 0.0667. The number of hydrogen-bond donors (Lipinski definition) is 0. The fourth-order valence-corrected chi connectivity index (χ4v) is 2.33. The summed E-state index contributed by atoms with van der Waals surface area (Å²) >= 11 is 0. The van der Waals surface area contributed by atoms with Gasteiger partial charge >= 0.3 is 0 Å². The summed E-state index contributed by atoms with van der Waals surface area (Å²) in [4.78, 5) is 0. The Morgan fingerprint density at radius 3 is 2.93 bits per heavy atom. The normalized spacial score (nSPS) is 13.1. The maximum Gasteiger partial charge on any atom is -0.00703 e. The van der Waals surface area contributed by atoms with E-state index >= 15 is 0 Å². The lowest BCUT2D eigenvalue weighted by Crippen LogP contribution is -1.94. The number of allylic oxidation sites excluding steroid dienone is 1. The first-order valence-corrected chi connectivity index (χ1v) is 5.24. The van der Waals surface area contributed by atoms with Crippen LogP contribution in [-0.2, 0) is 6.42 Å². The van der Waals surface area contributed by atoms with Crippen molar-refractivity contribution in [3.05, 3.63) is 59.7 Å². The lowest BCUT2D eigenvalue weighted by molar-refractivity contribution is 1.29. The highest BCUT2D eigenvalue weighted by Gasteiger charge is 2.09. The Morgan fingerprint density at radius 1 is 1.13 bits per heavy atom. The molecule has 15 heavy (non-hydrogen) atoms. The average molecular weight is 192 g/mol. The topological polar surface area (TPSA) is 0 Å². The monoisotopic (exact) mass is 192 g/mol. The van der Waals surface area contributed by atoms with Crippen molar-refractivity contribution < 1.29 is 0 Å². The number of benzene rings is 2. The molecule has 0 aromatic heterocycles. The highest BCUT2D eigenvalue weighted by Crippen LogP contribution is 2.31. The third kappa shape index (κ3) is 1.15. The summed E-state index contributed by atoms with van der Waals surface area (Å²) in [5.41, 5.74) is 3.98. The molecule has 3 rings (SSSR count). The van der Waals surface area contributed by atoms with E-state index in [1.807, 2.05) is 6.08 Å². The summed E-state index contributed by atoms with van der Waals surface area (Å²) in [6.45, 7) is 3.87. The summed E-state index contributed by atoms with van der Waals surface area (Å²) in [7, 11) is 0. The molecule has 0 heteroatoms. The minimum atomic E-state index is 1.05. The molecule has 0 saturated heterocycles. The van der Waals surface area contributed by atoms with E-state index in [2.05, 4.69) is 49.1 Å². The Hall–Kier alpha value is -1.82. The molecule has 0 saturated carbocycles. The first kappa shape index (κ1) is 8.49. The number of hydrogen-bond acceptors (Lipinski definition) is 0. The van der Waals surface area contributed by atoms with Crippen molar-refractivity contribution in [1.29, 1.82) is 0 Å². The van der Waals surface area contributed by atoms with Gasteiger partial charge in [-0.05, 0) is 33.9 Å². The van der Waals surface area contributed by atoms with Crippen LogP contribution in [0.5, 0.6) is 0 Å². The van der Waals surface area contributed by atoms with Crippen molar-refractivity contribution in [2.45, 2.75) is 6.42 Å². The highest BCUT2D eigenvalue weighted by molar-refractivity contribution is 5.97. The Morgan fingerprint density at radius 2 is 2.07 bits per heavy atom. The van der Waals surface area contributed by atoms with Crippen molar-refractivity contribution in [2.75, 3.05) is 0 Å². The van der Waals surface area contributed by atoms with Crippen LogP contribution in [0, 0.1) is 0 Å². The zero-order valence-corrected chi connectivity index (χ0v) is 8.53. The van der Waals surface area contributed by atoms with E-state index < -0.39 is 0 Å². The van der Waals surface area contributed by atoms with E-state index in [-0.39, 0.29) is 0 Å². The van der Waals surface area contributed by atoms with Crippen LogP contribution in [0.1, 0.15) is 16.7 Å². The smallest absolute Gasteiger partial charge is 0.00703 e. The fourth-order valence-electron chi connectivity index (χ4n) is 2.33. The third-order valence-corrected chi connectivity index (χ3v) is 3.05. The van der Waals surface area contributed by atoms with Crippen LogP contribution in [0.3, 0.4) is 0 Å². The Bertz CT molecular complexity index is 574. The number of rotatable bonds is 1. The van der Waals surface area contributed by atoms with Crippen molar-refractivity contribution in [2.24, 2.45) is 0 Å². The van der Waals surface area contributed by atoms with Gasteiger partial charge in [0.25, 0.3) is 0 Å². The molecule has 0 amide bonds. The summed E-state index contributed by atoms with van der Waals surface area (Å²) in [6, 6.07) is 10.8. The first-order valence-electron chi connectivity index (χ1n) is 5.24. The lowest BCUT2D eigenvalue weighted by atomic mass is 9.90. The molecule has 1 aliphatic carbocycles. The molecular weight excluding hydrogens is 180 g/mol. The molecule has 2 aromatic rings. The molecule has 0 bridgehead atoms. The van der Waals surface area contributed by atoms with Gasteiger partial charge < -0.3 is 0 Å². The van der Waals surface area contributed by atoms with Crippen LogP contribution in [-0.4, -0.2) is 0 Å². The zero-order valence-electron chi connectivity index (χ0n) is 8.53. The van der Waals surface area contributed by atoms with Crippen LogP contribution < -0.4 is 0 Å².